The summed E-state index contributed by atoms with van der Waals surface area (Å²) in [5.74, 6) is -0.196. The third-order valence-electron chi connectivity index (χ3n) is 1.85. The van der Waals surface area contributed by atoms with E-state index in [0.717, 1.165) is 10.0 Å². The van der Waals surface area contributed by atoms with Crippen molar-refractivity contribution in [1.82, 2.24) is 0 Å². The molecule has 0 aliphatic carbocycles. The summed E-state index contributed by atoms with van der Waals surface area (Å²) in [5, 5.41) is 17.5. The number of halogens is 1. The lowest BCUT2D eigenvalue weighted by atomic mass is 9.98. The van der Waals surface area contributed by atoms with Crippen LogP contribution < -0.4 is 0 Å². The van der Waals surface area contributed by atoms with E-state index in [0.29, 0.717) is 6.42 Å². The Morgan fingerprint density at radius 3 is 2.46 bits per heavy atom. The molecular formula is C10H10BrNO. The van der Waals surface area contributed by atoms with Gasteiger partial charge < -0.3 is 5.11 Å². The molecular weight excluding hydrogens is 230 g/mol. The lowest BCUT2D eigenvalue weighted by molar-refractivity contribution is 0.283. The number of nitriles is 1. The summed E-state index contributed by atoms with van der Waals surface area (Å²) in [7, 11) is 0. The van der Waals surface area contributed by atoms with Gasteiger partial charge in [0.1, 0.15) is 0 Å². The van der Waals surface area contributed by atoms with Crippen molar-refractivity contribution in [2.45, 2.75) is 12.3 Å². The second-order valence-corrected chi connectivity index (χ2v) is 3.66. The van der Waals surface area contributed by atoms with Crippen LogP contribution in [-0.2, 0) is 0 Å². The van der Waals surface area contributed by atoms with Gasteiger partial charge in [0.2, 0.25) is 0 Å². The maximum atomic E-state index is 8.81. The maximum Gasteiger partial charge on any atom is 0.0734 e. The Bertz CT molecular complexity index is 302. The molecule has 0 fully saturated rings. The van der Waals surface area contributed by atoms with E-state index in [1.165, 1.54) is 0 Å². The van der Waals surface area contributed by atoms with Gasteiger partial charge in [0.05, 0.1) is 12.0 Å². The average Bonchev–Trinajstić information content (AvgIpc) is 2.16. The molecule has 0 saturated heterocycles. The third-order valence-corrected chi connectivity index (χ3v) is 2.37. The molecule has 0 aliphatic rings. The molecule has 1 unspecified atom stereocenters. The zero-order valence-electron chi connectivity index (χ0n) is 7.07. The van der Waals surface area contributed by atoms with Gasteiger partial charge in [-0.3, -0.25) is 0 Å². The minimum absolute atomic E-state index is 0.0499. The summed E-state index contributed by atoms with van der Waals surface area (Å²) >= 11 is 3.32. The monoisotopic (exact) mass is 239 g/mol. The molecule has 0 radical (unpaired) electrons. The van der Waals surface area contributed by atoms with E-state index in [2.05, 4.69) is 22.0 Å². The number of rotatable bonds is 3. The van der Waals surface area contributed by atoms with Gasteiger partial charge in [-0.05, 0) is 24.1 Å². The number of benzene rings is 1. The topological polar surface area (TPSA) is 44.0 Å². The van der Waals surface area contributed by atoms with Crippen molar-refractivity contribution in [3.63, 3.8) is 0 Å². The predicted molar refractivity (Wildman–Crippen MR) is 54.2 cm³/mol. The average molecular weight is 240 g/mol. The van der Waals surface area contributed by atoms with Crippen LogP contribution >= 0.6 is 15.9 Å². The number of hydrogen-bond donors (Lipinski definition) is 1. The van der Waals surface area contributed by atoms with Crippen LogP contribution in [0.4, 0.5) is 0 Å². The molecule has 0 aromatic heterocycles. The highest BCUT2D eigenvalue weighted by Crippen LogP contribution is 2.20. The molecule has 1 N–H and O–H groups in total. The van der Waals surface area contributed by atoms with Crippen molar-refractivity contribution in [2.75, 3.05) is 6.61 Å². The lowest BCUT2D eigenvalue weighted by Crippen LogP contribution is -1.98. The van der Waals surface area contributed by atoms with Crippen LogP contribution in [0.15, 0.2) is 28.7 Å². The van der Waals surface area contributed by atoms with Gasteiger partial charge >= 0.3 is 0 Å². The van der Waals surface area contributed by atoms with E-state index >= 15 is 0 Å². The fraction of sp³-hybridized carbons (Fsp3) is 0.300. The molecule has 0 heterocycles. The molecule has 1 rings (SSSR count). The smallest absolute Gasteiger partial charge is 0.0734 e. The Morgan fingerprint density at radius 1 is 1.38 bits per heavy atom. The second kappa shape index (κ2) is 5.00. The van der Waals surface area contributed by atoms with Gasteiger partial charge in [-0.2, -0.15) is 5.26 Å². The normalized spacial score (nSPS) is 12.1. The van der Waals surface area contributed by atoms with Crippen LogP contribution in [0.25, 0.3) is 0 Å². The van der Waals surface area contributed by atoms with Crippen molar-refractivity contribution in [3.8, 4) is 6.07 Å². The predicted octanol–water partition coefficient (Wildman–Crippen LogP) is 2.44. The van der Waals surface area contributed by atoms with Crippen LogP contribution in [0.3, 0.4) is 0 Å². The fourth-order valence-electron chi connectivity index (χ4n) is 1.13. The molecule has 0 amide bonds. The first-order chi connectivity index (χ1) is 6.27. The van der Waals surface area contributed by atoms with E-state index in [-0.39, 0.29) is 12.5 Å². The SMILES string of the molecule is N#CC(CCO)c1ccc(Br)cc1. The molecule has 1 aromatic rings. The quantitative estimate of drug-likeness (QED) is 0.881. The number of aliphatic hydroxyl groups excluding tert-OH is 1. The highest BCUT2D eigenvalue weighted by atomic mass is 79.9. The number of hydrogen-bond acceptors (Lipinski definition) is 2. The molecule has 1 atom stereocenters. The minimum atomic E-state index is -0.196. The van der Waals surface area contributed by atoms with Crippen molar-refractivity contribution in [1.29, 1.82) is 5.26 Å². The fourth-order valence-corrected chi connectivity index (χ4v) is 1.39. The molecule has 0 bridgehead atoms. The van der Waals surface area contributed by atoms with Crippen LogP contribution in [0.1, 0.15) is 17.9 Å². The Labute approximate surface area is 85.9 Å². The van der Waals surface area contributed by atoms with Crippen molar-refractivity contribution >= 4 is 15.9 Å². The maximum absolute atomic E-state index is 8.81. The van der Waals surface area contributed by atoms with E-state index in [1.807, 2.05) is 24.3 Å². The number of aliphatic hydroxyl groups is 1. The number of nitrogens with zero attached hydrogens (tertiary/aromatic N) is 1. The molecule has 1 aromatic carbocycles. The van der Waals surface area contributed by atoms with E-state index in [9.17, 15) is 0 Å². The van der Waals surface area contributed by atoms with Gasteiger partial charge in [0.25, 0.3) is 0 Å². The summed E-state index contributed by atoms with van der Waals surface area (Å²) in [6.07, 6.45) is 0.498. The highest BCUT2D eigenvalue weighted by Gasteiger charge is 2.08. The summed E-state index contributed by atoms with van der Waals surface area (Å²) in [6, 6.07) is 9.76. The molecule has 3 heteroatoms. The van der Waals surface area contributed by atoms with Gasteiger partial charge in [0.15, 0.2) is 0 Å². The first-order valence-electron chi connectivity index (χ1n) is 4.04. The zero-order valence-corrected chi connectivity index (χ0v) is 8.66. The van der Waals surface area contributed by atoms with Crippen molar-refractivity contribution < 1.29 is 5.11 Å². The van der Waals surface area contributed by atoms with Gasteiger partial charge in [0, 0.05) is 11.1 Å². The Morgan fingerprint density at radius 2 is 2.00 bits per heavy atom. The van der Waals surface area contributed by atoms with Crippen molar-refractivity contribution in [2.24, 2.45) is 0 Å². The van der Waals surface area contributed by atoms with E-state index in [1.54, 1.807) is 0 Å². The summed E-state index contributed by atoms with van der Waals surface area (Å²) < 4.78 is 0.997. The first kappa shape index (κ1) is 10.2. The summed E-state index contributed by atoms with van der Waals surface area (Å²) in [5.41, 5.74) is 0.958. The standard InChI is InChI=1S/C10H10BrNO/c11-10-3-1-8(2-4-10)9(7-12)5-6-13/h1-4,9,13H,5-6H2. The van der Waals surface area contributed by atoms with Crippen molar-refractivity contribution in [3.05, 3.63) is 34.3 Å². The highest BCUT2D eigenvalue weighted by molar-refractivity contribution is 9.10. The van der Waals surface area contributed by atoms with E-state index < -0.39 is 0 Å². The Hall–Kier alpha value is -0.850. The van der Waals surface area contributed by atoms with Crippen LogP contribution in [-0.4, -0.2) is 11.7 Å². The largest absolute Gasteiger partial charge is 0.396 e. The van der Waals surface area contributed by atoms with Crippen LogP contribution in [0.5, 0.6) is 0 Å². The molecule has 0 aliphatic heterocycles. The van der Waals surface area contributed by atoms with Crippen LogP contribution in [0.2, 0.25) is 0 Å². The lowest BCUT2D eigenvalue weighted by Gasteiger charge is -2.06. The van der Waals surface area contributed by atoms with E-state index in [4.69, 9.17) is 10.4 Å². The first-order valence-corrected chi connectivity index (χ1v) is 4.83. The Balaban J connectivity index is 2.81. The molecule has 68 valence electrons. The molecule has 0 saturated carbocycles. The van der Waals surface area contributed by atoms with Gasteiger partial charge in [-0.1, -0.05) is 28.1 Å². The molecule has 0 spiro atoms. The molecule has 2 nitrogen and oxygen atoms in total. The summed E-state index contributed by atoms with van der Waals surface area (Å²) in [4.78, 5) is 0. The zero-order chi connectivity index (χ0) is 9.68. The third kappa shape index (κ3) is 2.83. The second-order valence-electron chi connectivity index (χ2n) is 2.75. The Kier molecular flexibility index (Phi) is 3.94. The van der Waals surface area contributed by atoms with Gasteiger partial charge in [-0.25, -0.2) is 0 Å². The molecule has 13 heavy (non-hydrogen) atoms. The van der Waals surface area contributed by atoms with Crippen LogP contribution in [0, 0.1) is 11.3 Å². The van der Waals surface area contributed by atoms with Gasteiger partial charge in [-0.15, -0.1) is 0 Å². The summed E-state index contributed by atoms with van der Waals surface area (Å²) in [6.45, 7) is 0.0499. The minimum Gasteiger partial charge on any atom is -0.396 e.